The van der Waals surface area contributed by atoms with Gasteiger partial charge in [-0.25, -0.2) is 4.39 Å². The zero-order chi connectivity index (χ0) is 29.9. The van der Waals surface area contributed by atoms with Gasteiger partial charge in [-0.05, 0) is 53.6 Å². The first kappa shape index (κ1) is 29.2. The van der Waals surface area contributed by atoms with Gasteiger partial charge in [0.05, 0.1) is 12.2 Å². The molecular weight excluding hydrogens is 552 g/mol. The summed E-state index contributed by atoms with van der Waals surface area (Å²) in [6.07, 6.45) is 1.30. The lowest BCUT2D eigenvalue weighted by Crippen LogP contribution is -2.38. The summed E-state index contributed by atoms with van der Waals surface area (Å²) in [5, 5.41) is 2.65. The van der Waals surface area contributed by atoms with Crippen LogP contribution in [0.25, 0.3) is 22.0 Å². The van der Waals surface area contributed by atoms with Gasteiger partial charge < -0.3 is 19.5 Å². The predicted octanol–water partition coefficient (Wildman–Crippen LogP) is 5.69. The molecule has 7 nitrogen and oxygen atoms in total. The number of carbonyl (C=O) groups excluding carboxylic acids is 2. The van der Waals surface area contributed by atoms with E-state index in [1.54, 1.807) is 24.4 Å². The number of aromatic nitrogens is 2. The Morgan fingerprint density at radius 1 is 1.10 bits per heavy atom. The van der Waals surface area contributed by atoms with Gasteiger partial charge in [-0.2, -0.15) is 13.2 Å². The van der Waals surface area contributed by atoms with Crippen LogP contribution in [0.2, 0.25) is 0 Å². The van der Waals surface area contributed by atoms with Crippen molar-refractivity contribution in [2.75, 3.05) is 26.8 Å². The topological polar surface area (TPSA) is 76.5 Å². The number of fused-ring (bicyclic) bond motifs is 1. The number of methoxy groups -OCH3 is 1. The third-order valence-corrected chi connectivity index (χ3v) is 7.64. The number of nitrogens with one attached hydrogen (secondary N) is 1. The number of rotatable bonds is 8. The lowest BCUT2D eigenvalue weighted by Gasteiger charge is -2.32. The summed E-state index contributed by atoms with van der Waals surface area (Å²) in [5.41, 5.74) is 3.99. The number of carbonyl (C=O) groups is 2. The Balaban J connectivity index is 1.36. The summed E-state index contributed by atoms with van der Waals surface area (Å²) in [5.74, 6) is -2.86. The molecule has 1 fully saturated rings. The van der Waals surface area contributed by atoms with Gasteiger partial charge >= 0.3 is 12.1 Å². The van der Waals surface area contributed by atoms with Crippen LogP contribution < -0.4 is 5.32 Å². The highest BCUT2D eigenvalue weighted by molar-refractivity contribution is 6.12. The Morgan fingerprint density at radius 2 is 1.88 bits per heavy atom. The minimum Gasteiger partial charge on any atom is -0.383 e. The number of piperidine rings is 1. The van der Waals surface area contributed by atoms with E-state index in [1.165, 1.54) is 18.2 Å². The molecule has 0 spiro atoms. The molecule has 1 aliphatic heterocycles. The number of halogens is 4. The molecule has 3 heterocycles. The number of hydrogen-bond acceptors (Lipinski definition) is 4. The number of hydrogen-bond donors (Lipinski definition) is 1. The molecule has 5 rings (SSSR count). The van der Waals surface area contributed by atoms with E-state index >= 15 is 0 Å². The van der Waals surface area contributed by atoms with E-state index in [0.29, 0.717) is 55.8 Å². The Hall–Kier alpha value is -4.25. The number of ether oxygens (including phenoxy) is 1. The first-order valence-electron chi connectivity index (χ1n) is 13.6. The summed E-state index contributed by atoms with van der Waals surface area (Å²) in [4.78, 5) is 31.1. The van der Waals surface area contributed by atoms with Crippen molar-refractivity contribution in [3.8, 4) is 11.1 Å². The first-order valence-corrected chi connectivity index (χ1v) is 13.6. The summed E-state index contributed by atoms with van der Waals surface area (Å²) in [6, 6.07) is 13.7. The largest absolute Gasteiger partial charge is 0.471 e. The van der Waals surface area contributed by atoms with E-state index in [0.717, 1.165) is 22.0 Å². The third kappa shape index (κ3) is 6.15. The van der Waals surface area contributed by atoms with E-state index in [2.05, 4.69) is 4.98 Å². The number of benzene rings is 2. The van der Waals surface area contributed by atoms with Crippen LogP contribution in [0.5, 0.6) is 0 Å². The number of nitrogens with zero attached hydrogens (tertiary/aromatic N) is 3. The second-order valence-electron chi connectivity index (χ2n) is 10.3. The molecule has 220 valence electrons. The molecule has 1 N–H and O–H groups in total. The quantitative estimate of drug-likeness (QED) is 0.271. The van der Waals surface area contributed by atoms with Crippen molar-refractivity contribution in [2.45, 2.75) is 38.0 Å². The summed E-state index contributed by atoms with van der Waals surface area (Å²) >= 11 is 0. The maximum Gasteiger partial charge on any atom is 0.471 e. The summed E-state index contributed by atoms with van der Waals surface area (Å²) in [6.45, 7) is 1.45. The Labute approximate surface area is 240 Å². The minimum atomic E-state index is -4.99. The second kappa shape index (κ2) is 12.3. The fourth-order valence-electron chi connectivity index (χ4n) is 5.51. The van der Waals surface area contributed by atoms with Gasteiger partial charge in [0.15, 0.2) is 0 Å². The number of pyridine rings is 1. The van der Waals surface area contributed by atoms with Crippen LogP contribution in [0.15, 0.2) is 67.1 Å². The highest BCUT2D eigenvalue weighted by Gasteiger charge is 2.38. The number of amides is 2. The second-order valence-corrected chi connectivity index (χ2v) is 10.3. The molecule has 2 aromatic heterocycles. The molecule has 1 aliphatic rings. The molecule has 0 atom stereocenters. The molecule has 42 heavy (non-hydrogen) atoms. The smallest absolute Gasteiger partial charge is 0.383 e. The van der Waals surface area contributed by atoms with Gasteiger partial charge in [0.25, 0.3) is 5.91 Å². The van der Waals surface area contributed by atoms with Crippen molar-refractivity contribution in [1.29, 1.82) is 0 Å². The average Bonchev–Trinajstić information content (AvgIpc) is 3.38. The Kier molecular flexibility index (Phi) is 8.58. The van der Waals surface area contributed by atoms with Crippen LogP contribution in [-0.2, 0) is 22.6 Å². The number of likely N-dealkylation sites (tertiary alicyclic amines) is 1. The van der Waals surface area contributed by atoms with Crippen LogP contribution in [0.4, 0.5) is 17.6 Å². The van der Waals surface area contributed by atoms with Gasteiger partial charge in [-0.15, -0.1) is 0 Å². The standard InChI is InChI=1S/C31H30F4N4O3/c1-42-15-14-39-19-25(28-23(5-2-6-27(28)39)22-4-3-11-36-18-22)29(40)38-12-9-21(10-13-38)24-16-20(7-8-26(24)32)17-37-30(41)31(33,34)35/h2-8,11,16,18-19,21H,9-10,12-15,17H2,1H3,(H,37,41). The number of alkyl halides is 3. The van der Waals surface area contributed by atoms with E-state index < -0.39 is 17.9 Å². The summed E-state index contributed by atoms with van der Waals surface area (Å²) in [7, 11) is 1.63. The van der Waals surface area contributed by atoms with Crippen LogP contribution in [0.1, 0.15) is 40.2 Å². The highest BCUT2D eigenvalue weighted by Crippen LogP contribution is 2.35. The molecule has 1 saturated heterocycles. The zero-order valence-electron chi connectivity index (χ0n) is 23.0. The van der Waals surface area contributed by atoms with Crippen molar-refractivity contribution in [2.24, 2.45) is 0 Å². The minimum absolute atomic E-state index is 0.130. The SMILES string of the molecule is COCCn1cc(C(=O)N2CCC(c3cc(CNC(=O)C(F)(F)F)ccc3F)CC2)c2c(-c3cccnc3)cccc21. The van der Waals surface area contributed by atoms with E-state index in [1.807, 2.05) is 46.4 Å². The molecule has 2 amide bonds. The van der Waals surface area contributed by atoms with Crippen molar-refractivity contribution >= 4 is 22.7 Å². The normalized spacial score (nSPS) is 14.4. The van der Waals surface area contributed by atoms with Crippen molar-refractivity contribution in [1.82, 2.24) is 19.8 Å². The van der Waals surface area contributed by atoms with Crippen molar-refractivity contribution < 1.29 is 31.9 Å². The fraction of sp³-hybridized carbons (Fsp3) is 0.323. The molecule has 11 heteroatoms. The fourth-order valence-corrected chi connectivity index (χ4v) is 5.51. The summed E-state index contributed by atoms with van der Waals surface area (Å²) < 4.78 is 59.7. The lowest BCUT2D eigenvalue weighted by molar-refractivity contribution is -0.173. The van der Waals surface area contributed by atoms with Crippen LogP contribution >= 0.6 is 0 Å². The van der Waals surface area contributed by atoms with Crippen LogP contribution in [-0.4, -0.2) is 59.2 Å². The Bertz CT molecular complexity index is 1580. The zero-order valence-corrected chi connectivity index (χ0v) is 23.0. The molecule has 0 aliphatic carbocycles. The van der Waals surface area contributed by atoms with Crippen molar-refractivity contribution in [3.63, 3.8) is 0 Å². The van der Waals surface area contributed by atoms with Gasteiger partial charge in [0, 0.05) is 68.3 Å². The molecule has 0 unspecified atom stereocenters. The molecule has 0 saturated carbocycles. The Morgan fingerprint density at radius 3 is 2.57 bits per heavy atom. The van der Waals surface area contributed by atoms with Crippen molar-refractivity contribution in [3.05, 3.63) is 89.6 Å². The van der Waals surface area contributed by atoms with E-state index in [9.17, 15) is 27.2 Å². The van der Waals surface area contributed by atoms with Crippen LogP contribution in [0.3, 0.4) is 0 Å². The van der Waals surface area contributed by atoms with Gasteiger partial charge in [-0.1, -0.05) is 30.3 Å². The third-order valence-electron chi connectivity index (χ3n) is 7.64. The molecular formula is C31H30F4N4O3. The molecule has 0 radical (unpaired) electrons. The van der Waals surface area contributed by atoms with E-state index in [-0.39, 0.29) is 18.4 Å². The molecule has 2 aromatic carbocycles. The maximum atomic E-state index is 14.8. The van der Waals surface area contributed by atoms with Gasteiger partial charge in [0.2, 0.25) is 0 Å². The first-order chi connectivity index (χ1) is 20.2. The highest BCUT2D eigenvalue weighted by atomic mass is 19.4. The molecule has 4 aromatic rings. The van der Waals surface area contributed by atoms with E-state index in [4.69, 9.17) is 4.74 Å². The average molecular weight is 583 g/mol. The maximum absolute atomic E-state index is 14.8. The monoisotopic (exact) mass is 582 g/mol. The predicted molar refractivity (Wildman–Crippen MR) is 149 cm³/mol. The van der Waals surface area contributed by atoms with Crippen LogP contribution in [0, 0.1) is 5.82 Å². The van der Waals surface area contributed by atoms with Gasteiger partial charge in [0.1, 0.15) is 5.82 Å². The molecule has 0 bridgehead atoms. The van der Waals surface area contributed by atoms with Gasteiger partial charge in [-0.3, -0.25) is 14.6 Å². The lowest BCUT2D eigenvalue weighted by atomic mass is 9.88.